The molecular weight excluding hydrogens is 162 g/mol. The number of ketones is 1. The summed E-state index contributed by atoms with van der Waals surface area (Å²) >= 11 is 0. The minimum atomic E-state index is 0.116. The predicted molar refractivity (Wildman–Crippen MR) is 55.4 cm³/mol. The summed E-state index contributed by atoms with van der Waals surface area (Å²) in [5.41, 5.74) is 1.92. The van der Waals surface area contributed by atoms with Crippen LogP contribution in [0.2, 0.25) is 0 Å². The van der Waals surface area contributed by atoms with E-state index >= 15 is 0 Å². The topological polar surface area (TPSA) is 20.3 Å². The SMILES string of the molecule is CCN(C)c1ccc(C(C)=O)cc1. The first-order chi connectivity index (χ1) is 6.15. The van der Waals surface area contributed by atoms with E-state index in [1.54, 1.807) is 6.92 Å². The van der Waals surface area contributed by atoms with E-state index in [-0.39, 0.29) is 5.78 Å². The molecule has 0 aliphatic rings. The summed E-state index contributed by atoms with van der Waals surface area (Å²) in [6.45, 7) is 4.65. The van der Waals surface area contributed by atoms with Gasteiger partial charge in [-0.05, 0) is 38.1 Å². The first-order valence-electron chi connectivity index (χ1n) is 4.47. The number of carbonyl (C=O) groups excluding carboxylic acids is 1. The molecule has 1 aromatic rings. The molecule has 0 bridgehead atoms. The Bertz CT molecular complexity index is 289. The van der Waals surface area contributed by atoms with Crippen LogP contribution in [0.3, 0.4) is 0 Å². The van der Waals surface area contributed by atoms with Crippen molar-refractivity contribution >= 4 is 11.5 Å². The second-order valence-electron chi connectivity index (χ2n) is 3.12. The molecule has 2 heteroatoms. The molecule has 0 aliphatic carbocycles. The van der Waals surface area contributed by atoms with Crippen LogP contribution in [0, 0.1) is 0 Å². The van der Waals surface area contributed by atoms with E-state index in [0.29, 0.717) is 0 Å². The van der Waals surface area contributed by atoms with Gasteiger partial charge in [0.15, 0.2) is 5.78 Å². The lowest BCUT2D eigenvalue weighted by Gasteiger charge is -2.16. The molecule has 0 unspecified atom stereocenters. The highest BCUT2D eigenvalue weighted by Gasteiger charge is 2.00. The molecule has 0 radical (unpaired) electrons. The van der Waals surface area contributed by atoms with Crippen LogP contribution < -0.4 is 4.90 Å². The van der Waals surface area contributed by atoms with Gasteiger partial charge in [0.2, 0.25) is 0 Å². The number of benzene rings is 1. The van der Waals surface area contributed by atoms with Crippen molar-refractivity contribution in [2.24, 2.45) is 0 Å². The molecule has 0 atom stereocenters. The predicted octanol–water partition coefficient (Wildman–Crippen LogP) is 2.35. The standard InChI is InChI=1S/C11H15NO/c1-4-12(3)11-7-5-10(6-8-11)9(2)13/h5-8H,4H2,1-3H3. The first-order valence-corrected chi connectivity index (χ1v) is 4.47. The van der Waals surface area contributed by atoms with Crippen molar-refractivity contribution in [3.8, 4) is 0 Å². The van der Waals surface area contributed by atoms with Gasteiger partial charge in [-0.2, -0.15) is 0 Å². The van der Waals surface area contributed by atoms with E-state index in [4.69, 9.17) is 0 Å². The van der Waals surface area contributed by atoms with Gasteiger partial charge in [0.1, 0.15) is 0 Å². The third kappa shape index (κ3) is 2.31. The summed E-state index contributed by atoms with van der Waals surface area (Å²) in [6.07, 6.45) is 0. The van der Waals surface area contributed by atoms with Crippen molar-refractivity contribution < 1.29 is 4.79 Å². The van der Waals surface area contributed by atoms with Crippen LogP contribution in [0.4, 0.5) is 5.69 Å². The maximum Gasteiger partial charge on any atom is 0.159 e. The van der Waals surface area contributed by atoms with Crippen LogP contribution in [0.25, 0.3) is 0 Å². The van der Waals surface area contributed by atoms with E-state index in [2.05, 4.69) is 11.8 Å². The average molecular weight is 177 g/mol. The highest BCUT2D eigenvalue weighted by molar-refractivity contribution is 5.94. The first kappa shape index (κ1) is 9.78. The quantitative estimate of drug-likeness (QED) is 0.660. The fourth-order valence-electron chi connectivity index (χ4n) is 1.13. The average Bonchev–Trinajstić information content (AvgIpc) is 2.17. The third-order valence-corrected chi connectivity index (χ3v) is 2.19. The van der Waals surface area contributed by atoms with Crippen molar-refractivity contribution in [1.82, 2.24) is 0 Å². The lowest BCUT2D eigenvalue weighted by molar-refractivity contribution is 0.101. The van der Waals surface area contributed by atoms with Crippen LogP contribution in [0.5, 0.6) is 0 Å². The zero-order valence-electron chi connectivity index (χ0n) is 8.37. The van der Waals surface area contributed by atoms with Crippen LogP contribution in [0.1, 0.15) is 24.2 Å². The van der Waals surface area contributed by atoms with E-state index in [0.717, 1.165) is 17.8 Å². The van der Waals surface area contributed by atoms with Crippen molar-refractivity contribution in [3.05, 3.63) is 29.8 Å². The van der Waals surface area contributed by atoms with Gasteiger partial charge in [0, 0.05) is 24.8 Å². The van der Waals surface area contributed by atoms with Gasteiger partial charge in [0.05, 0.1) is 0 Å². The second-order valence-corrected chi connectivity index (χ2v) is 3.12. The Morgan fingerprint density at radius 3 is 2.23 bits per heavy atom. The molecule has 0 N–H and O–H groups in total. The van der Waals surface area contributed by atoms with Gasteiger partial charge < -0.3 is 4.90 Å². The molecule has 2 nitrogen and oxygen atoms in total. The smallest absolute Gasteiger partial charge is 0.159 e. The zero-order chi connectivity index (χ0) is 9.84. The number of rotatable bonds is 3. The molecule has 70 valence electrons. The summed E-state index contributed by atoms with van der Waals surface area (Å²) in [5, 5.41) is 0. The third-order valence-electron chi connectivity index (χ3n) is 2.19. The Labute approximate surface area is 79.2 Å². The van der Waals surface area contributed by atoms with Crippen molar-refractivity contribution in [2.75, 3.05) is 18.5 Å². The van der Waals surface area contributed by atoms with E-state index in [1.807, 2.05) is 31.3 Å². The summed E-state index contributed by atoms with van der Waals surface area (Å²) in [5.74, 6) is 0.116. The van der Waals surface area contributed by atoms with Crippen LogP contribution in [-0.4, -0.2) is 19.4 Å². The zero-order valence-corrected chi connectivity index (χ0v) is 8.37. The summed E-state index contributed by atoms with van der Waals surface area (Å²) < 4.78 is 0. The van der Waals surface area contributed by atoms with Gasteiger partial charge in [-0.15, -0.1) is 0 Å². The highest BCUT2D eigenvalue weighted by Crippen LogP contribution is 2.13. The van der Waals surface area contributed by atoms with Gasteiger partial charge >= 0.3 is 0 Å². The normalized spacial score (nSPS) is 9.77. The number of hydrogen-bond acceptors (Lipinski definition) is 2. The highest BCUT2D eigenvalue weighted by atomic mass is 16.1. The Morgan fingerprint density at radius 2 is 1.85 bits per heavy atom. The number of hydrogen-bond donors (Lipinski definition) is 0. The maximum absolute atomic E-state index is 11.0. The van der Waals surface area contributed by atoms with Gasteiger partial charge in [-0.1, -0.05) is 0 Å². The number of anilines is 1. The molecule has 0 aliphatic heterocycles. The Balaban J connectivity index is 2.87. The summed E-state index contributed by atoms with van der Waals surface area (Å²) in [6, 6.07) is 7.67. The minimum absolute atomic E-state index is 0.116. The molecule has 0 saturated carbocycles. The maximum atomic E-state index is 11.0. The van der Waals surface area contributed by atoms with Gasteiger partial charge in [-0.3, -0.25) is 4.79 Å². The van der Waals surface area contributed by atoms with Crippen LogP contribution >= 0.6 is 0 Å². The number of Topliss-reactive ketones (excluding diaryl/α,β-unsaturated/α-hetero) is 1. The van der Waals surface area contributed by atoms with Gasteiger partial charge in [0.25, 0.3) is 0 Å². The molecule has 1 rings (SSSR count). The number of nitrogens with zero attached hydrogens (tertiary/aromatic N) is 1. The van der Waals surface area contributed by atoms with E-state index < -0.39 is 0 Å². The largest absolute Gasteiger partial charge is 0.375 e. The van der Waals surface area contributed by atoms with Crippen molar-refractivity contribution in [3.63, 3.8) is 0 Å². The fraction of sp³-hybridized carbons (Fsp3) is 0.364. The molecular formula is C11H15NO. The Morgan fingerprint density at radius 1 is 1.31 bits per heavy atom. The molecule has 13 heavy (non-hydrogen) atoms. The number of carbonyl (C=O) groups is 1. The molecule has 0 aromatic heterocycles. The molecule has 0 heterocycles. The van der Waals surface area contributed by atoms with Crippen molar-refractivity contribution in [1.29, 1.82) is 0 Å². The van der Waals surface area contributed by atoms with Crippen molar-refractivity contribution in [2.45, 2.75) is 13.8 Å². The van der Waals surface area contributed by atoms with Crippen LogP contribution in [0.15, 0.2) is 24.3 Å². The van der Waals surface area contributed by atoms with E-state index in [1.165, 1.54) is 0 Å². The van der Waals surface area contributed by atoms with Gasteiger partial charge in [-0.25, -0.2) is 0 Å². The summed E-state index contributed by atoms with van der Waals surface area (Å²) in [4.78, 5) is 13.1. The minimum Gasteiger partial charge on any atom is -0.375 e. The molecule has 0 amide bonds. The molecule has 0 fully saturated rings. The molecule has 1 aromatic carbocycles. The summed E-state index contributed by atoms with van der Waals surface area (Å²) in [7, 11) is 2.03. The lowest BCUT2D eigenvalue weighted by atomic mass is 10.1. The Hall–Kier alpha value is -1.31. The lowest BCUT2D eigenvalue weighted by Crippen LogP contribution is -2.15. The monoisotopic (exact) mass is 177 g/mol. The fourth-order valence-corrected chi connectivity index (χ4v) is 1.13. The van der Waals surface area contributed by atoms with Crippen LogP contribution in [-0.2, 0) is 0 Å². The van der Waals surface area contributed by atoms with E-state index in [9.17, 15) is 4.79 Å². The Kier molecular flexibility index (Phi) is 3.07. The molecule has 0 saturated heterocycles. The molecule has 0 spiro atoms. The second kappa shape index (κ2) is 4.08.